The summed E-state index contributed by atoms with van der Waals surface area (Å²) in [7, 11) is 0. The van der Waals surface area contributed by atoms with E-state index in [2.05, 4.69) is 12.2 Å². The summed E-state index contributed by atoms with van der Waals surface area (Å²) in [4.78, 5) is 11.6. The molecule has 1 amide bonds. The summed E-state index contributed by atoms with van der Waals surface area (Å²) < 4.78 is 0. The van der Waals surface area contributed by atoms with Crippen molar-refractivity contribution in [2.75, 3.05) is 5.32 Å². The van der Waals surface area contributed by atoms with Crippen LogP contribution in [0.15, 0.2) is 24.3 Å². The number of amides is 1. The van der Waals surface area contributed by atoms with Gasteiger partial charge in [0.1, 0.15) is 0 Å². The van der Waals surface area contributed by atoms with Crippen LogP contribution in [0.3, 0.4) is 0 Å². The van der Waals surface area contributed by atoms with Gasteiger partial charge < -0.3 is 5.32 Å². The first-order valence-electron chi connectivity index (χ1n) is 5.78. The number of unbranched alkanes of at least 4 members (excludes halogenated alkanes) is 3. The molecule has 0 radical (unpaired) electrons. The van der Waals surface area contributed by atoms with E-state index >= 15 is 0 Å². The Bertz CT molecular complexity index is 338. The second-order valence-corrected chi connectivity index (χ2v) is 4.25. The molecule has 2 nitrogen and oxygen atoms in total. The van der Waals surface area contributed by atoms with E-state index in [4.69, 9.17) is 11.6 Å². The Balaban J connectivity index is 2.32. The standard InChI is InChI=1S/C13H18ClNO/c1-2-3-4-5-10-13(16)15-12-9-7-6-8-11(12)14/h6-9H,2-5,10H2,1H3,(H,15,16). The molecule has 0 saturated heterocycles. The maximum Gasteiger partial charge on any atom is 0.224 e. The van der Waals surface area contributed by atoms with E-state index < -0.39 is 0 Å². The number of hydrogen-bond donors (Lipinski definition) is 1. The molecule has 0 aromatic heterocycles. The van der Waals surface area contributed by atoms with Gasteiger partial charge in [-0.15, -0.1) is 0 Å². The number of anilines is 1. The first-order valence-corrected chi connectivity index (χ1v) is 6.16. The molecule has 0 aliphatic heterocycles. The number of nitrogens with one attached hydrogen (secondary N) is 1. The molecule has 0 fully saturated rings. The van der Waals surface area contributed by atoms with Crippen LogP contribution < -0.4 is 5.32 Å². The molecule has 0 aliphatic rings. The molecule has 0 atom stereocenters. The predicted octanol–water partition coefficient (Wildman–Crippen LogP) is 4.25. The van der Waals surface area contributed by atoms with Crippen molar-refractivity contribution in [3.8, 4) is 0 Å². The SMILES string of the molecule is CCCCCCC(=O)Nc1ccccc1Cl. The molecule has 1 aromatic carbocycles. The van der Waals surface area contributed by atoms with Crippen LogP contribution in [0.1, 0.15) is 39.0 Å². The molecule has 16 heavy (non-hydrogen) atoms. The number of halogens is 1. The fourth-order valence-electron chi connectivity index (χ4n) is 1.49. The van der Waals surface area contributed by atoms with Gasteiger partial charge in [-0.3, -0.25) is 4.79 Å². The number of benzene rings is 1. The molecule has 0 heterocycles. The molecular weight excluding hydrogens is 222 g/mol. The highest BCUT2D eigenvalue weighted by atomic mass is 35.5. The van der Waals surface area contributed by atoms with Crippen molar-refractivity contribution in [1.29, 1.82) is 0 Å². The van der Waals surface area contributed by atoms with Gasteiger partial charge in [-0.1, -0.05) is 49.9 Å². The van der Waals surface area contributed by atoms with Crippen LogP contribution in [0, 0.1) is 0 Å². The Morgan fingerprint density at radius 1 is 1.25 bits per heavy atom. The number of carbonyl (C=O) groups is 1. The van der Waals surface area contributed by atoms with Crippen molar-refractivity contribution in [2.24, 2.45) is 0 Å². The Morgan fingerprint density at radius 3 is 2.69 bits per heavy atom. The van der Waals surface area contributed by atoms with Crippen LogP contribution in [0.5, 0.6) is 0 Å². The summed E-state index contributed by atoms with van der Waals surface area (Å²) in [6.45, 7) is 2.16. The third kappa shape index (κ3) is 4.67. The lowest BCUT2D eigenvalue weighted by Crippen LogP contribution is -2.11. The van der Waals surface area contributed by atoms with Crippen molar-refractivity contribution >= 4 is 23.2 Å². The third-order valence-corrected chi connectivity index (χ3v) is 2.73. The van der Waals surface area contributed by atoms with Gasteiger partial charge >= 0.3 is 0 Å². The molecular formula is C13H18ClNO. The van der Waals surface area contributed by atoms with Gasteiger partial charge in [-0.25, -0.2) is 0 Å². The molecule has 1 rings (SSSR count). The molecule has 0 spiro atoms. The minimum Gasteiger partial charge on any atom is -0.325 e. The van der Waals surface area contributed by atoms with Gasteiger partial charge in [0.25, 0.3) is 0 Å². The Morgan fingerprint density at radius 2 is 2.00 bits per heavy atom. The molecule has 0 aliphatic carbocycles. The molecule has 0 saturated carbocycles. The lowest BCUT2D eigenvalue weighted by Gasteiger charge is -2.06. The highest BCUT2D eigenvalue weighted by molar-refractivity contribution is 6.33. The van der Waals surface area contributed by atoms with Crippen LogP contribution in [-0.4, -0.2) is 5.91 Å². The van der Waals surface area contributed by atoms with Crippen molar-refractivity contribution < 1.29 is 4.79 Å². The largest absolute Gasteiger partial charge is 0.325 e. The predicted molar refractivity (Wildman–Crippen MR) is 68.8 cm³/mol. The molecule has 0 unspecified atom stereocenters. The first-order chi connectivity index (χ1) is 7.74. The minimum atomic E-state index is 0.0456. The lowest BCUT2D eigenvalue weighted by molar-refractivity contribution is -0.116. The van der Waals surface area contributed by atoms with E-state index in [9.17, 15) is 4.79 Å². The third-order valence-electron chi connectivity index (χ3n) is 2.41. The highest BCUT2D eigenvalue weighted by Crippen LogP contribution is 2.20. The molecule has 1 N–H and O–H groups in total. The van der Waals surface area contributed by atoms with Crippen molar-refractivity contribution in [3.63, 3.8) is 0 Å². The fourth-order valence-corrected chi connectivity index (χ4v) is 1.67. The van der Waals surface area contributed by atoms with E-state index in [-0.39, 0.29) is 5.91 Å². The maximum absolute atomic E-state index is 11.6. The van der Waals surface area contributed by atoms with E-state index in [1.807, 2.05) is 18.2 Å². The van der Waals surface area contributed by atoms with Crippen LogP contribution in [0.2, 0.25) is 5.02 Å². The zero-order valence-corrected chi connectivity index (χ0v) is 10.4. The van der Waals surface area contributed by atoms with Gasteiger partial charge in [-0.2, -0.15) is 0 Å². The number of hydrogen-bond acceptors (Lipinski definition) is 1. The summed E-state index contributed by atoms with van der Waals surface area (Å²) in [5.74, 6) is 0.0456. The van der Waals surface area contributed by atoms with E-state index in [0.29, 0.717) is 17.1 Å². The topological polar surface area (TPSA) is 29.1 Å². The number of carbonyl (C=O) groups excluding carboxylic acids is 1. The zero-order chi connectivity index (χ0) is 11.8. The van der Waals surface area contributed by atoms with Crippen molar-refractivity contribution in [1.82, 2.24) is 0 Å². The summed E-state index contributed by atoms with van der Waals surface area (Å²) in [5, 5.41) is 3.40. The smallest absolute Gasteiger partial charge is 0.224 e. The van der Waals surface area contributed by atoms with Crippen molar-refractivity contribution in [2.45, 2.75) is 39.0 Å². The number of para-hydroxylation sites is 1. The molecule has 88 valence electrons. The summed E-state index contributed by atoms with van der Waals surface area (Å²) in [6, 6.07) is 7.29. The molecule has 1 aromatic rings. The van der Waals surface area contributed by atoms with Gasteiger partial charge in [0, 0.05) is 6.42 Å². The van der Waals surface area contributed by atoms with E-state index in [1.165, 1.54) is 12.8 Å². The average Bonchev–Trinajstić information content (AvgIpc) is 2.28. The van der Waals surface area contributed by atoms with Crippen LogP contribution in [-0.2, 0) is 4.79 Å². The lowest BCUT2D eigenvalue weighted by atomic mass is 10.1. The van der Waals surface area contributed by atoms with E-state index in [0.717, 1.165) is 12.8 Å². The van der Waals surface area contributed by atoms with Gasteiger partial charge in [-0.05, 0) is 18.6 Å². The monoisotopic (exact) mass is 239 g/mol. The zero-order valence-electron chi connectivity index (χ0n) is 9.63. The second-order valence-electron chi connectivity index (χ2n) is 3.84. The van der Waals surface area contributed by atoms with Gasteiger partial charge in [0.2, 0.25) is 5.91 Å². The molecule has 0 bridgehead atoms. The van der Waals surface area contributed by atoms with E-state index in [1.54, 1.807) is 6.07 Å². The molecule has 3 heteroatoms. The maximum atomic E-state index is 11.6. The average molecular weight is 240 g/mol. The summed E-state index contributed by atoms with van der Waals surface area (Å²) in [6.07, 6.45) is 5.02. The van der Waals surface area contributed by atoms with Crippen molar-refractivity contribution in [3.05, 3.63) is 29.3 Å². The van der Waals surface area contributed by atoms with Gasteiger partial charge in [0.05, 0.1) is 10.7 Å². The summed E-state index contributed by atoms with van der Waals surface area (Å²) in [5.41, 5.74) is 0.699. The number of rotatable bonds is 6. The van der Waals surface area contributed by atoms with Crippen LogP contribution in [0.4, 0.5) is 5.69 Å². The van der Waals surface area contributed by atoms with Crippen LogP contribution >= 0.6 is 11.6 Å². The second kappa shape index (κ2) is 7.29. The highest BCUT2D eigenvalue weighted by Gasteiger charge is 2.04. The summed E-state index contributed by atoms with van der Waals surface area (Å²) >= 11 is 5.94. The Kier molecular flexibility index (Phi) is 5.94. The normalized spacial score (nSPS) is 10.1. The fraction of sp³-hybridized carbons (Fsp3) is 0.462. The Hall–Kier alpha value is -1.02. The quantitative estimate of drug-likeness (QED) is 0.739. The first kappa shape index (κ1) is 13.0. The minimum absolute atomic E-state index is 0.0456. The van der Waals surface area contributed by atoms with Crippen LogP contribution in [0.25, 0.3) is 0 Å². The Labute approximate surface area is 102 Å². The van der Waals surface area contributed by atoms with Gasteiger partial charge in [0.15, 0.2) is 0 Å².